The molecule has 0 aliphatic carbocycles. The number of benzene rings is 3. The van der Waals surface area contributed by atoms with Gasteiger partial charge in [-0.2, -0.15) is 0 Å². The number of nitrogens with zero attached hydrogens (tertiary/aromatic N) is 1. The maximum atomic E-state index is 13.9. The van der Waals surface area contributed by atoms with Crippen LogP contribution in [0, 0.1) is 0 Å². The number of carboxylic acids is 1. The van der Waals surface area contributed by atoms with Crippen molar-refractivity contribution in [2.24, 2.45) is 0 Å². The molecular formula is C28H25NO9. The van der Waals surface area contributed by atoms with E-state index in [0.29, 0.717) is 50.8 Å². The molecule has 1 N–H and O–H groups in total. The van der Waals surface area contributed by atoms with Gasteiger partial charge in [0.1, 0.15) is 17.1 Å². The van der Waals surface area contributed by atoms with Gasteiger partial charge in [-0.1, -0.05) is 6.07 Å². The maximum Gasteiger partial charge on any atom is 0.342 e. The lowest BCUT2D eigenvalue weighted by molar-refractivity contribution is 0.0695. The van der Waals surface area contributed by atoms with E-state index in [0.717, 1.165) is 0 Å². The predicted molar refractivity (Wildman–Crippen MR) is 138 cm³/mol. The molecule has 0 saturated heterocycles. The van der Waals surface area contributed by atoms with Crippen molar-refractivity contribution in [3.8, 4) is 45.6 Å². The largest absolute Gasteiger partial charge is 0.497 e. The molecule has 0 saturated carbocycles. The minimum absolute atomic E-state index is 0.00683. The fourth-order valence-corrected chi connectivity index (χ4v) is 4.73. The zero-order valence-corrected chi connectivity index (χ0v) is 21.2. The van der Waals surface area contributed by atoms with Gasteiger partial charge in [-0.25, -0.2) is 4.79 Å². The van der Waals surface area contributed by atoms with Crippen LogP contribution in [0.3, 0.4) is 0 Å². The normalized spacial score (nSPS) is 11.9. The molecule has 2 heterocycles. The van der Waals surface area contributed by atoms with Crippen LogP contribution in [-0.4, -0.2) is 50.9 Å². The van der Waals surface area contributed by atoms with Gasteiger partial charge in [-0.3, -0.25) is 4.79 Å². The fraction of sp³-hybridized carbons (Fsp3) is 0.214. The van der Waals surface area contributed by atoms with Crippen molar-refractivity contribution in [3.63, 3.8) is 0 Å². The quantitative estimate of drug-likeness (QED) is 0.366. The number of aromatic carboxylic acids is 1. The third-order valence-corrected chi connectivity index (χ3v) is 6.46. The molecule has 1 aliphatic rings. The Balaban J connectivity index is 1.89. The second-order valence-corrected chi connectivity index (χ2v) is 8.39. The van der Waals surface area contributed by atoms with Gasteiger partial charge in [0.05, 0.1) is 45.9 Å². The summed E-state index contributed by atoms with van der Waals surface area (Å²) in [5, 5.41) is 10.7. The first-order valence-electron chi connectivity index (χ1n) is 11.6. The van der Waals surface area contributed by atoms with E-state index in [-0.39, 0.29) is 24.7 Å². The lowest BCUT2D eigenvalue weighted by Gasteiger charge is -2.21. The van der Waals surface area contributed by atoms with Crippen molar-refractivity contribution in [3.05, 3.63) is 70.0 Å². The summed E-state index contributed by atoms with van der Waals surface area (Å²) in [6.45, 7) is 0.0549. The van der Waals surface area contributed by atoms with Crippen LogP contribution in [0.25, 0.3) is 22.0 Å². The second kappa shape index (κ2) is 9.89. The molecule has 196 valence electrons. The van der Waals surface area contributed by atoms with E-state index < -0.39 is 17.1 Å². The minimum atomic E-state index is -1.39. The summed E-state index contributed by atoms with van der Waals surface area (Å²) in [4.78, 5) is 26.6. The topological polar surface area (TPSA) is 115 Å². The van der Waals surface area contributed by atoms with Crippen molar-refractivity contribution in [2.45, 2.75) is 6.54 Å². The zero-order chi connectivity index (χ0) is 27.0. The van der Waals surface area contributed by atoms with Gasteiger partial charge in [0.25, 0.3) is 5.56 Å². The summed E-state index contributed by atoms with van der Waals surface area (Å²) in [5.41, 5.74) is 0.568. The molecule has 0 unspecified atom stereocenters. The molecule has 10 heteroatoms. The van der Waals surface area contributed by atoms with Gasteiger partial charge in [-0.15, -0.1) is 0 Å². The Labute approximate surface area is 217 Å². The van der Waals surface area contributed by atoms with Crippen molar-refractivity contribution in [1.29, 1.82) is 0 Å². The van der Waals surface area contributed by atoms with Gasteiger partial charge in [0.2, 0.25) is 6.79 Å². The number of rotatable bonds is 8. The lowest BCUT2D eigenvalue weighted by atomic mass is 9.94. The fourth-order valence-electron chi connectivity index (χ4n) is 4.73. The van der Waals surface area contributed by atoms with Crippen molar-refractivity contribution in [2.75, 3.05) is 35.2 Å². The number of hydrogen-bond donors (Lipinski definition) is 1. The van der Waals surface area contributed by atoms with Crippen molar-refractivity contribution >= 4 is 16.9 Å². The first kappa shape index (κ1) is 24.8. The van der Waals surface area contributed by atoms with Crippen LogP contribution in [0.1, 0.15) is 15.9 Å². The molecule has 3 aromatic carbocycles. The number of fused-ring (bicyclic) bond motifs is 2. The van der Waals surface area contributed by atoms with Crippen LogP contribution >= 0.6 is 0 Å². The first-order chi connectivity index (χ1) is 18.4. The van der Waals surface area contributed by atoms with E-state index in [4.69, 9.17) is 28.4 Å². The Morgan fingerprint density at radius 1 is 0.895 bits per heavy atom. The first-order valence-corrected chi connectivity index (χ1v) is 11.6. The van der Waals surface area contributed by atoms with E-state index in [2.05, 4.69) is 0 Å². The Hall–Kier alpha value is -4.86. The number of carbonyl (C=O) groups is 1. The summed E-state index contributed by atoms with van der Waals surface area (Å²) in [5.74, 6) is 1.32. The molecule has 10 nitrogen and oxygen atoms in total. The number of hydrogen-bond acceptors (Lipinski definition) is 8. The van der Waals surface area contributed by atoms with Gasteiger partial charge in [0.15, 0.2) is 23.0 Å². The highest BCUT2D eigenvalue weighted by Gasteiger charge is 2.28. The van der Waals surface area contributed by atoms with Crippen LogP contribution < -0.4 is 34.0 Å². The summed E-state index contributed by atoms with van der Waals surface area (Å²) in [6.07, 6.45) is 0. The van der Waals surface area contributed by atoms with E-state index in [1.54, 1.807) is 48.5 Å². The number of ether oxygens (including phenoxy) is 6. The summed E-state index contributed by atoms with van der Waals surface area (Å²) >= 11 is 0. The summed E-state index contributed by atoms with van der Waals surface area (Å²) < 4.78 is 34.4. The lowest BCUT2D eigenvalue weighted by Crippen LogP contribution is -2.29. The summed E-state index contributed by atoms with van der Waals surface area (Å²) in [6, 6.07) is 13.6. The van der Waals surface area contributed by atoms with Crippen molar-refractivity contribution in [1.82, 2.24) is 4.57 Å². The average molecular weight is 520 g/mol. The van der Waals surface area contributed by atoms with Crippen LogP contribution in [0.4, 0.5) is 0 Å². The molecule has 0 fully saturated rings. The molecule has 1 aliphatic heterocycles. The van der Waals surface area contributed by atoms with E-state index in [1.807, 2.05) is 0 Å². The number of pyridine rings is 1. The molecule has 0 spiro atoms. The van der Waals surface area contributed by atoms with E-state index in [9.17, 15) is 14.7 Å². The Bertz CT molecular complexity index is 1620. The second-order valence-electron chi connectivity index (χ2n) is 8.39. The average Bonchev–Trinajstić information content (AvgIpc) is 3.41. The van der Waals surface area contributed by atoms with Gasteiger partial charge in [-0.05, 0) is 48.0 Å². The van der Waals surface area contributed by atoms with Gasteiger partial charge < -0.3 is 38.1 Å². The molecule has 0 atom stereocenters. The zero-order valence-electron chi connectivity index (χ0n) is 21.2. The highest BCUT2D eigenvalue weighted by molar-refractivity contribution is 6.09. The summed E-state index contributed by atoms with van der Waals surface area (Å²) in [7, 11) is 6.00. The maximum absolute atomic E-state index is 13.9. The van der Waals surface area contributed by atoms with Crippen molar-refractivity contribution < 1.29 is 38.3 Å². The van der Waals surface area contributed by atoms with E-state index >= 15 is 0 Å². The van der Waals surface area contributed by atoms with Gasteiger partial charge in [0, 0.05) is 11.1 Å². The molecule has 0 radical (unpaired) electrons. The predicted octanol–water partition coefficient (Wildman–Crippen LogP) is 4.18. The minimum Gasteiger partial charge on any atom is -0.497 e. The molecule has 4 aromatic rings. The highest BCUT2D eigenvalue weighted by Crippen LogP contribution is 2.44. The van der Waals surface area contributed by atoms with Crippen LogP contribution in [0.2, 0.25) is 0 Å². The monoisotopic (exact) mass is 519 g/mol. The Morgan fingerprint density at radius 3 is 2.32 bits per heavy atom. The molecule has 38 heavy (non-hydrogen) atoms. The SMILES string of the molecule is COc1ccc(OC)c(Cn2c(=O)c(C(=O)O)c(-c3ccc4c(c3)OCO4)c3c(OC)c(OC)ccc32)c1. The molecule has 1 aromatic heterocycles. The molecule has 0 amide bonds. The standard InChI is InChI=1S/C28H25NO9/c1-33-17-6-9-19(34-2)16(11-17)13-29-18-7-10-21(35-3)26(36-4)24(18)23(25(27(29)30)28(31)32)15-5-8-20-22(12-15)38-14-37-20/h5-12H,13-14H2,1-4H3,(H,31,32). The molecule has 5 rings (SSSR count). The van der Waals surface area contributed by atoms with Gasteiger partial charge >= 0.3 is 5.97 Å². The third-order valence-electron chi connectivity index (χ3n) is 6.46. The van der Waals surface area contributed by atoms with Crippen LogP contribution in [-0.2, 0) is 6.54 Å². The number of methoxy groups -OCH3 is 4. The Morgan fingerprint density at radius 2 is 1.63 bits per heavy atom. The number of aromatic nitrogens is 1. The smallest absolute Gasteiger partial charge is 0.342 e. The van der Waals surface area contributed by atoms with E-state index in [1.165, 1.54) is 33.0 Å². The van der Waals surface area contributed by atoms with Crippen LogP contribution in [0.15, 0.2) is 53.3 Å². The third kappa shape index (κ3) is 4.00. The Kier molecular flexibility index (Phi) is 6.46. The molecule has 0 bridgehead atoms. The number of carboxylic acid groups (broad SMARTS) is 1. The van der Waals surface area contributed by atoms with Crippen LogP contribution in [0.5, 0.6) is 34.5 Å². The highest BCUT2D eigenvalue weighted by atomic mass is 16.7. The molecular weight excluding hydrogens is 494 g/mol.